The van der Waals surface area contributed by atoms with Crippen molar-refractivity contribution in [2.75, 3.05) is 0 Å². The molecule has 2 atom stereocenters. The molecule has 2 aromatic rings. The van der Waals surface area contributed by atoms with Crippen molar-refractivity contribution in [3.8, 4) is 5.69 Å². The number of nitrogens with two attached hydrogens (primary N) is 1. The van der Waals surface area contributed by atoms with E-state index in [4.69, 9.17) is 5.73 Å². The molecule has 2 unspecified atom stereocenters. The molecule has 1 aromatic carbocycles. The topological polar surface area (TPSA) is 72.9 Å². The minimum atomic E-state index is -0.318. The zero-order valence-corrected chi connectivity index (χ0v) is 15.7. The molecule has 2 saturated carbocycles. The summed E-state index contributed by atoms with van der Waals surface area (Å²) in [6.45, 7) is 2.18. The summed E-state index contributed by atoms with van der Waals surface area (Å²) < 4.78 is 16.2. The lowest BCUT2D eigenvalue weighted by Crippen LogP contribution is -2.49. The van der Waals surface area contributed by atoms with Crippen molar-refractivity contribution in [2.24, 2.45) is 23.5 Å². The van der Waals surface area contributed by atoms with Crippen LogP contribution in [0.2, 0.25) is 0 Å². The summed E-state index contributed by atoms with van der Waals surface area (Å²) in [7, 11) is 0. The summed E-state index contributed by atoms with van der Waals surface area (Å²) in [6.07, 6.45) is 8.67. The summed E-state index contributed by atoms with van der Waals surface area (Å²) in [5, 5.41) is 3.00. The molecular weight excluding hydrogens is 343 g/mol. The van der Waals surface area contributed by atoms with Crippen LogP contribution in [0.25, 0.3) is 5.69 Å². The normalized spacial score (nSPS) is 27.4. The number of fused-ring (bicyclic) bond motifs is 2. The van der Waals surface area contributed by atoms with Crippen molar-refractivity contribution in [2.45, 2.75) is 51.6 Å². The van der Waals surface area contributed by atoms with E-state index in [1.54, 1.807) is 23.0 Å². The summed E-state index contributed by atoms with van der Waals surface area (Å²) in [5.74, 6) is 1.48. The Hall–Kier alpha value is -2.21. The Bertz CT molecular complexity index is 819. The van der Waals surface area contributed by atoms with E-state index in [1.165, 1.54) is 12.5 Å². The fraction of sp³-hybridized carbons (Fsp3) is 0.524. The monoisotopic (exact) mass is 370 g/mol. The van der Waals surface area contributed by atoms with E-state index in [1.807, 2.05) is 13.0 Å². The molecule has 2 aliphatic rings. The minimum Gasteiger partial charge on any atom is -0.352 e. The minimum absolute atomic E-state index is 0.0396. The molecule has 0 aliphatic heterocycles. The lowest BCUT2D eigenvalue weighted by molar-refractivity contribution is -0.128. The fourth-order valence-corrected chi connectivity index (χ4v) is 4.83. The van der Waals surface area contributed by atoms with E-state index >= 15 is 0 Å². The molecule has 2 fully saturated rings. The lowest BCUT2D eigenvalue weighted by atomic mass is 9.65. The van der Waals surface area contributed by atoms with E-state index in [2.05, 4.69) is 10.3 Å². The van der Waals surface area contributed by atoms with Gasteiger partial charge in [-0.15, -0.1) is 0 Å². The third-order valence-electron chi connectivity index (χ3n) is 6.35. The number of hydrogen-bond acceptors (Lipinski definition) is 3. The van der Waals surface area contributed by atoms with Crippen LogP contribution >= 0.6 is 0 Å². The number of imidazole rings is 1. The van der Waals surface area contributed by atoms with Crippen molar-refractivity contribution in [3.63, 3.8) is 0 Å². The molecule has 1 heterocycles. The van der Waals surface area contributed by atoms with E-state index in [9.17, 15) is 9.18 Å². The molecule has 4 rings (SSSR count). The van der Waals surface area contributed by atoms with Gasteiger partial charge >= 0.3 is 0 Å². The average Bonchev–Trinajstić information content (AvgIpc) is 3.05. The molecule has 5 nitrogen and oxygen atoms in total. The summed E-state index contributed by atoms with van der Waals surface area (Å²) in [4.78, 5) is 16.8. The first-order valence-electron chi connectivity index (χ1n) is 9.85. The van der Waals surface area contributed by atoms with Crippen molar-refractivity contribution in [1.29, 1.82) is 0 Å². The zero-order valence-electron chi connectivity index (χ0n) is 15.7. The van der Waals surface area contributed by atoms with Crippen LogP contribution in [-0.2, 0) is 11.3 Å². The highest BCUT2D eigenvalue weighted by molar-refractivity contribution is 5.78. The molecule has 144 valence electrons. The number of amides is 1. The second-order valence-electron chi connectivity index (χ2n) is 8.04. The average molecular weight is 370 g/mol. The van der Waals surface area contributed by atoms with Crippen molar-refractivity contribution in [3.05, 3.63) is 47.8 Å². The third kappa shape index (κ3) is 3.63. The Morgan fingerprint density at radius 3 is 2.70 bits per heavy atom. The maximum Gasteiger partial charge on any atom is 0.223 e. The van der Waals surface area contributed by atoms with Crippen LogP contribution in [0.4, 0.5) is 4.39 Å². The molecule has 27 heavy (non-hydrogen) atoms. The molecule has 0 radical (unpaired) electrons. The van der Waals surface area contributed by atoms with Crippen molar-refractivity contribution >= 4 is 5.91 Å². The molecule has 6 heteroatoms. The van der Waals surface area contributed by atoms with Gasteiger partial charge in [0.05, 0.1) is 5.69 Å². The van der Waals surface area contributed by atoms with E-state index < -0.39 is 0 Å². The number of rotatable bonds is 4. The largest absolute Gasteiger partial charge is 0.352 e. The van der Waals surface area contributed by atoms with Gasteiger partial charge in [0.15, 0.2) is 0 Å². The Balaban J connectivity index is 1.38. The number of hydrogen-bond donors (Lipinski definition) is 2. The Morgan fingerprint density at radius 2 is 2.07 bits per heavy atom. The second-order valence-corrected chi connectivity index (χ2v) is 8.04. The number of carbonyl (C=O) groups is 1. The van der Waals surface area contributed by atoms with Gasteiger partial charge in [-0.3, -0.25) is 4.79 Å². The number of benzene rings is 1. The predicted molar refractivity (Wildman–Crippen MR) is 102 cm³/mol. The van der Waals surface area contributed by atoms with Gasteiger partial charge in [0, 0.05) is 30.9 Å². The van der Waals surface area contributed by atoms with Gasteiger partial charge in [0.25, 0.3) is 0 Å². The summed E-state index contributed by atoms with van der Waals surface area (Å²) in [6, 6.07) is 5.33. The Kier molecular flexibility index (Phi) is 5.00. The molecular formula is C21H27FN4O. The van der Waals surface area contributed by atoms with Crippen LogP contribution in [0.3, 0.4) is 0 Å². The summed E-state index contributed by atoms with van der Waals surface area (Å²) >= 11 is 0. The summed E-state index contributed by atoms with van der Waals surface area (Å²) in [5.41, 5.74) is 7.54. The van der Waals surface area contributed by atoms with Gasteiger partial charge in [-0.2, -0.15) is 0 Å². The highest BCUT2D eigenvalue weighted by Crippen LogP contribution is 2.41. The lowest BCUT2D eigenvalue weighted by Gasteiger charge is -2.43. The van der Waals surface area contributed by atoms with Crippen LogP contribution in [0, 0.1) is 30.5 Å². The number of halogens is 1. The quantitative estimate of drug-likeness (QED) is 0.869. The SMILES string of the molecule is Cc1nccn1-c1ccc(CNC(=O)C2CC3CCCC(C2)C3N)cc1F. The second kappa shape index (κ2) is 7.43. The third-order valence-corrected chi connectivity index (χ3v) is 6.35. The first-order valence-corrected chi connectivity index (χ1v) is 9.85. The van der Waals surface area contributed by atoms with Gasteiger partial charge in [-0.25, -0.2) is 9.37 Å². The van der Waals surface area contributed by atoms with E-state index in [-0.39, 0.29) is 23.7 Å². The number of aromatic nitrogens is 2. The number of carbonyl (C=O) groups excluding carboxylic acids is 1. The highest BCUT2D eigenvalue weighted by atomic mass is 19.1. The van der Waals surface area contributed by atoms with Gasteiger partial charge < -0.3 is 15.6 Å². The first kappa shape index (κ1) is 18.2. The van der Waals surface area contributed by atoms with Crippen molar-refractivity contribution in [1.82, 2.24) is 14.9 Å². The Morgan fingerprint density at radius 1 is 1.33 bits per heavy atom. The molecule has 0 saturated heterocycles. The molecule has 2 bridgehead atoms. The smallest absolute Gasteiger partial charge is 0.223 e. The van der Waals surface area contributed by atoms with Crippen LogP contribution in [0.1, 0.15) is 43.5 Å². The molecule has 2 aliphatic carbocycles. The predicted octanol–water partition coefficient (Wildman–Crippen LogP) is 3.09. The van der Waals surface area contributed by atoms with Crippen molar-refractivity contribution < 1.29 is 9.18 Å². The van der Waals surface area contributed by atoms with Crippen LogP contribution in [-0.4, -0.2) is 21.5 Å². The fourth-order valence-electron chi connectivity index (χ4n) is 4.83. The number of aryl methyl sites for hydroxylation is 1. The zero-order chi connectivity index (χ0) is 19.0. The molecule has 0 spiro atoms. The van der Waals surface area contributed by atoms with Gasteiger partial charge in [0.1, 0.15) is 11.6 Å². The maximum atomic E-state index is 14.5. The number of nitrogens with one attached hydrogen (secondary N) is 1. The Labute approximate surface area is 159 Å². The molecule has 1 aromatic heterocycles. The van der Waals surface area contributed by atoms with Crippen LogP contribution in [0.15, 0.2) is 30.6 Å². The van der Waals surface area contributed by atoms with Crippen LogP contribution < -0.4 is 11.1 Å². The van der Waals surface area contributed by atoms with Gasteiger partial charge in [-0.1, -0.05) is 12.5 Å². The van der Waals surface area contributed by atoms with Crippen LogP contribution in [0.5, 0.6) is 0 Å². The standard InChI is InChI=1S/C21H27FN4O/c1-13-24-7-8-26(13)19-6-5-14(9-18(19)22)12-25-21(27)17-10-15-3-2-4-16(11-17)20(15)23/h5-9,15-17,20H,2-4,10-12,23H2,1H3,(H,25,27). The number of nitrogens with zero attached hydrogens (tertiary/aromatic N) is 2. The highest BCUT2D eigenvalue weighted by Gasteiger charge is 2.40. The maximum absolute atomic E-state index is 14.5. The van der Waals surface area contributed by atoms with Gasteiger partial charge in [-0.05, 0) is 62.1 Å². The molecule has 3 N–H and O–H groups in total. The molecule has 1 amide bonds. The van der Waals surface area contributed by atoms with Gasteiger partial charge in [0.2, 0.25) is 5.91 Å². The first-order chi connectivity index (χ1) is 13.0. The van der Waals surface area contributed by atoms with E-state index in [0.717, 1.165) is 37.1 Å². The van der Waals surface area contributed by atoms with E-state index in [0.29, 0.717) is 24.1 Å².